The van der Waals surface area contributed by atoms with Crippen molar-refractivity contribution in [3.8, 4) is 34.0 Å². The molecule has 35 heavy (non-hydrogen) atoms. The number of aromatic nitrogens is 4. The van der Waals surface area contributed by atoms with E-state index in [9.17, 15) is 4.79 Å². The van der Waals surface area contributed by atoms with E-state index < -0.39 is 5.41 Å². The van der Waals surface area contributed by atoms with Gasteiger partial charge < -0.3 is 14.7 Å². The molecule has 4 rings (SSSR count). The molecule has 0 aliphatic heterocycles. The zero-order valence-corrected chi connectivity index (χ0v) is 21.0. The van der Waals surface area contributed by atoms with Gasteiger partial charge in [0.1, 0.15) is 11.4 Å². The van der Waals surface area contributed by atoms with Gasteiger partial charge in [0.05, 0.1) is 28.7 Å². The largest absolute Gasteiger partial charge is 0.354 e. The maximum absolute atomic E-state index is 12.7. The molecule has 0 aliphatic rings. The molecule has 1 aromatic carbocycles. The van der Waals surface area contributed by atoms with E-state index in [4.69, 9.17) is 9.51 Å². The van der Waals surface area contributed by atoms with Gasteiger partial charge in [-0.3, -0.25) is 14.8 Å². The summed E-state index contributed by atoms with van der Waals surface area (Å²) in [6.45, 7) is 6.44. The van der Waals surface area contributed by atoms with E-state index >= 15 is 0 Å². The molecule has 1 N–H and O–H groups in total. The van der Waals surface area contributed by atoms with Gasteiger partial charge in [-0.05, 0) is 45.5 Å². The minimum absolute atomic E-state index is 0. The summed E-state index contributed by atoms with van der Waals surface area (Å²) in [5.41, 5.74) is 5.63. The normalized spacial score (nSPS) is 11.5. The fourth-order valence-electron chi connectivity index (χ4n) is 3.94. The van der Waals surface area contributed by atoms with Gasteiger partial charge in [-0.15, -0.1) is 0 Å². The van der Waals surface area contributed by atoms with E-state index in [0.717, 1.165) is 29.1 Å². The van der Waals surface area contributed by atoms with Crippen LogP contribution in [0.15, 0.2) is 59.4 Å². The molecule has 0 aliphatic carbocycles. The average Bonchev–Trinajstić information content (AvgIpc) is 3.34. The zero-order chi connectivity index (χ0) is 25.2. The topological polar surface area (TPSA) is 97.0 Å². The predicted molar refractivity (Wildman–Crippen MR) is 138 cm³/mol. The molecular weight excluding hydrogens is 440 g/mol. The van der Waals surface area contributed by atoms with Gasteiger partial charge in [-0.25, -0.2) is 4.98 Å². The first kappa shape index (κ1) is 24.2. The van der Waals surface area contributed by atoms with Crippen molar-refractivity contribution in [1.82, 2.24) is 30.3 Å². The Labute approximate surface area is 206 Å². The number of benzene rings is 1. The Bertz CT molecular complexity index is 1350. The Morgan fingerprint density at radius 1 is 1.06 bits per heavy atom. The number of hydrogen-bond acceptors (Lipinski definition) is 7. The first-order chi connectivity index (χ1) is 16.7. The third-order valence-corrected chi connectivity index (χ3v) is 5.97. The molecule has 1 amide bonds. The monoisotopic (exact) mass is 472 g/mol. The average molecular weight is 473 g/mol. The van der Waals surface area contributed by atoms with E-state index in [1.807, 2.05) is 58.2 Å². The first-order valence-electron chi connectivity index (χ1n) is 11.4. The number of amides is 1. The molecule has 3 heterocycles. The van der Waals surface area contributed by atoms with Crippen LogP contribution in [0.1, 0.15) is 32.2 Å². The summed E-state index contributed by atoms with van der Waals surface area (Å²) in [5, 5.41) is 7.40. The second-order valence-corrected chi connectivity index (χ2v) is 9.25. The molecule has 0 atom stereocenters. The van der Waals surface area contributed by atoms with Gasteiger partial charge in [0.15, 0.2) is 5.76 Å². The summed E-state index contributed by atoms with van der Waals surface area (Å²) in [6.07, 6.45) is 3.41. The van der Waals surface area contributed by atoms with Gasteiger partial charge in [0.2, 0.25) is 5.91 Å². The van der Waals surface area contributed by atoms with Crippen LogP contribution in [0.25, 0.3) is 34.0 Å². The molecule has 0 bridgehead atoms. The van der Waals surface area contributed by atoms with E-state index in [2.05, 4.69) is 32.6 Å². The maximum Gasteiger partial charge on any atom is 0.233 e. The molecule has 3 aromatic heterocycles. The van der Waals surface area contributed by atoms with Crippen molar-refractivity contribution in [2.24, 2.45) is 0 Å². The minimum Gasteiger partial charge on any atom is -0.354 e. The zero-order valence-electron chi connectivity index (χ0n) is 21.0. The Hall–Kier alpha value is -3.91. The molecule has 182 valence electrons. The van der Waals surface area contributed by atoms with Crippen molar-refractivity contribution in [2.75, 3.05) is 21.1 Å². The second-order valence-electron chi connectivity index (χ2n) is 9.25. The lowest BCUT2D eigenvalue weighted by molar-refractivity contribution is -0.133. The quantitative estimate of drug-likeness (QED) is 0.423. The van der Waals surface area contributed by atoms with E-state index in [-0.39, 0.29) is 7.33 Å². The minimum atomic E-state index is -0.775. The van der Waals surface area contributed by atoms with Crippen molar-refractivity contribution in [2.45, 2.75) is 32.7 Å². The summed E-state index contributed by atoms with van der Waals surface area (Å²) in [6, 6.07) is 13.8. The van der Waals surface area contributed by atoms with Crippen LogP contribution in [0.3, 0.4) is 0 Å². The number of nitrogens with zero attached hydrogens (tertiary/aromatic N) is 5. The number of rotatable bonds is 7. The highest BCUT2D eigenvalue weighted by Crippen LogP contribution is 2.30. The molecule has 0 saturated carbocycles. The number of carbonyl (C=O) groups is 1. The summed E-state index contributed by atoms with van der Waals surface area (Å²) in [7, 11) is 5.41. The highest BCUT2D eigenvalue weighted by molar-refractivity contribution is 5.86. The van der Waals surface area contributed by atoms with Crippen LogP contribution in [0.5, 0.6) is 0 Å². The molecule has 0 unspecified atom stereocenters. The van der Waals surface area contributed by atoms with Gasteiger partial charge in [-0.1, -0.05) is 29.4 Å². The fourth-order valence-corrected chi connectivity index (χ4v) is 3.94. The molecule has 8 heteroatoms. The lowest BCUT2D eigenvalue weighted by Crippen LogP contribution is -2.39. The lowest BCUT2D eigenvalue weighted by Gasteiger charge is -2.26. The van der Waals surface area contributed by atoms with Crippen LogP contribution < -0.4 is 5.32 Å². The highest BCUT2D eigenvalue weighted by Gasteiger charge is 2.33. The standard InChI is InChI=1S/C27H30N6O2.H2/c1-17-25(23-14-21(32-35-23)19-9-7-18(8-10-19)15-28-4)31-22(16-30-17)20-11-12-29-24(13-20)27(2,3)26(34)33(5)6;/h7-14,16,28H,15H2,1-6H3;1H. The number of likely N-dealkylation sites (N-methyl/N-ethyl adjacent to an activating group) is 1. The van der Waals surface area contributed by atoms with Crippen LogP contribution >= 0.6 is 0 Å². The van der Waals surface area contributed by atoms with Crippen molar-refractivity contribution >= 4 is 5.91 Å². The summed E-state index contributed by atoms with van der Waals surface area (Å²) < 4.78 is 5.66. The Kier molecular flexibility index (Phi) is 6.75. The fraction of sp³-hybridized carbons (Fsp3) is 0.296. The molecule has 0 fully saturated rings. The first-order valence-corrected chi connectivity index (χ1v) is 11.4. The third-order valence-electron chi connectivity index (χ3n) is 5.97. The Morgan fingerprint density at radius 2 is 1.80 bits per heavy atom. The van der Waals surface area contributed by atoms with Crippen LogP contribution in [0.4, 0.5) is 0 Å². The van der Waals surface area contributed by atoms with E-state index in [1.54, 1.807) is 31.4 Å². The van der Waals surface area contributed by atoms with Crippen LogP contribution in [0, 0.1) is 6.92 Å². The lowest BCUT2D eigenvalue weighted by atomic mass is 9.86. The summed E-state index contributed by atoms with van der Waals surface area (Å²) >= 11 is 0. The van der Waals surface area contributed by atoms with Crippen molar-refractivity contribution in [3.05, 3.63) is 71.8 Å². The van der Waals surface area contributed by atoms with Gasteiger partial charge in [0, 0.05) is 45.5 Å². The Balaban J connectivity index is 0.00000361. The smallest absolute Gasteiger partial charge is 0.233 e. The number of aryl methyl sites for hydroxylation is 1. The van der Waals surface area contributed by atoms with Gasteiger partial charge in [0.25, 0.3) is 0 Å². The van der Waals surface area contributed by atoms with Crippen LogP contribution in [-0.2, 0) is 16.8 Å². The SMILES string of the molecule is CNCc1ccc(-c2cc(-c3nc(-c4ccnc(C(C)(C)C(=O)N(C)C)c4)cnc3C)on2)cc1.[HH]. The van der Waals surface area contributed by atoms with Gasteiger partial charge in [-0.2, -0.15) is 0 Å². The van der Waals surface area contributed by atoms with E-state index in [0.29, 0.717) is 22.8 Å². The van der Waals surface area contributed by atoms with Crippen molar-refractivity contribution in [1.29, 1.82) is 0 Å². The molecule has 0 radical (unpaired) electrons. The van der Waals surface area contributed by atoms with Crippen LogP contribution in [-0.4, -0.2) is 52.1 Å². The highest BCUT2D eigenvalue weighted by atomic mass is 16.5. The van der Waals surface area contributed by atoms with Gasteiger partial charge >= 0.3 is 0 Å². The number of nitrogens with one attached hydrogen (secondary N) is 1. The number of pyridine rings is 1. The third kappa shape index (κ3) is 4.97. The molecular formula is C27H32N6O2. The Morgan fingerprint density at radius 3 is 2.49 bits per heavy atom. The van der Waals surface area contributed by atoms with Crippen molar-refractivity contribution < 1.29 is 10.7 Å². The van der Waals surface area contributed by atoms with Crippen molar-refractivity contribution in [3.63, 3.8) is 0 Å². The van der Waals surface area contributed by atoms with Crippen LogP contribution in [0.2, 0.25) is 0 Å². The predicted octanol–water partition coefficient (Wildman–Crippen LogP) is 4.50. The maximum atomic E-state index is 12.7. The van der Waals surface area contributed by atoms with E-state index in [1.165, 1.54) is 5.56 Å². The number of carbonyl (C=O) groups excluding carboxylic acids is 1. The molecule has 4 aromatic rings. The summed E-state index contributed by atoms with van der Waals surface area (Å²) in [5.74, 6) is 0.523. The molecule has 0 spiro atoms. The second kappa shape index (κ2) is 9.76. The summed E-state index contributed by atoms with van der Waals surface area (Å²) in [4.78, 5) is 28.1. The number of hydrogen-bond donors (Lipinski definition) is 1. The molecule has 8 nitrogen and oxygen atoms in total. The molecule has 0 saturated heterocycles.